The lowest BCUT2D eigenvalue weighted by Crippen LogP contribution is -2.01. The van der Waals surface area contributed by atoms with Crippen molar-refractivity contribution < 1.29 is 9.90 Å². The molecule has 1 N–H and O–H groups in total. The van der Waals surface area contributed by atoms with Crippen LogP contribution in [-0.4, -0.2) is 21.3 Å². The summed E-state index contributed by atoms with van der Waals surface area (Å²) in [4.78, 5) is 10.7. The highest BCUT2D eigenvalue weighted by atomic mass is 79.9. The van der Waals surface area contributed by atoms with Crippen molar-refractivity contribution in [3.05, 3.63) is 33.4 Å². The third kappa shape index (κ3) is 1.93. The predicted molar refractivity (Wildman–Crippen MR) is 59.2 cm³/mol. The Bertz CT molecular complexity index is 559. The number of aromatic carboxylic acids is 1. The normalized spacial score (nSPS) is 10.5. The third-order valence-corrected chi connectivity index (χ3v) is 2.57. The Labute approximate surface area is 98.0 Å². The van der Waals surface area contributed by atoms with Gasteiger partial charge in [-0.05, 0) is 18.2 Å². The minimum absolute atomic E-state index is 0.100. The van der Waals surface area contributed by atoms with Gasteiger partial charge in [0.25, 0.3) is 0 Å². The lowest BCUT2D eigenvalue weighted by Gasteiger charge is -2.00. The van der Waals surface area contributed by atoms with E-state index in [0.29, 0.717) is 15.9 Å². The van der Waals surface area contributed by atoms with E-state index in [2.05, 4.69) is 26.1 Å². The third-order valence-electron chi connectivity index (χ3n) is 1.83. The minimum Gasteiger partial charge on any atom is -0.476 e. The first-order valence-corrected chi connectivity index (χ1v) is 5.11. The summed E-state index contributed by atoms with van der Waals surface area (Å²) in [7, 11) is 0. The zero-order valence-corrected chi connectivity index (χ0v) is 9.58. The van der Waals surface area contributed by atoms with Crippen LogP contribution in [0.15, 0.2) is 22.7 Å². The van der Waals surface area contributed by atoms with Gasteiger partial charge < -0.3 is 5.11 Å². The molecular weight excluding hydrogens is 283 g/mol. The van der Waals surface area contributed by atoms with Gasteiger partial charge in [-0.25, -0.2) is 4.79 Å². The van der Waals surface area contributed by atoms with E-state index in [1.165, 1.54) is 6.07 Å². The van der Waals surface area contributed by atoms with Crippen LogP contribution >= 0.6 is 27.5 Å². The van der Waals surface area contributed by atoms with Gasteiger partial charge in [-0.2, -0.15) is 0 Å². The van der Waals surface area contributed by atoms with Gasteiger partial charge >= 0.3 is 5.97 Å². The number of benzene rings is 1. The molecule has 76 valence electrons. The summed E-state index contributed by atoms with van der Waals surface area (Å²) in [6.45, 7) is 0. The average Bonchev–Trinajstić information content (AvgIpc) is 2.16. The van der Waals surface area contributed by atoms with E-state index in [4.69, 9.17) is 16.7 Å². The molecule has 0 aliphatic rings. The molecule has 0 aliphatic heterocycles. The highest BCUT2D eigenvalue weighted by Crippen LogP contribution is 2.26. The fraction of sp³-hybridized carbons (Fsp3) is 0. The molecule has 0 saturated heterocycles. The maximum atomic E-state index is 10.7. The first-order chi connectivity index (χ1) is 7.08. The molecule has 1 aromatic carbocycles. The molecule has 0 bridgehead atoms. The fourth-order valence-corrected chi connectivity index (χ4v) is 2.06. The van der Waals surface area contributed by atoms with Crippen molar-refractivity contribution in [3.63, 3.8) is 0 Å². The van der Waals surface area contributed by atoms with Gasteiger partial charge in [0.1, 0.15) is 5.52 Å². The van der Waals surface area contributed by atoms with Crippen molar-refractivity contribution in [3.8, 4) is 0 Å². The van der Waals surface area contributed by atoms with E-state index >= 15 is 0 Å². The molecule has 0 spiro atoms. The second-order valence-electron chi connectivity index (χ2n) is 2.86. The minimum atomic E-state index is -1.11. The van der Waals surface area contributed by atoms with Crippen LogP contribution in [0.1, 0.15) is 10.5 Å². The maximum absolute atomic E-state index is 10.7. The molecule has 0 amide bonds. The van der Waals surface area contributed by atoms with E-state index in [1.807, 2.05) is 0 Å². The summed E-state index contributed by atoms with van der Waals surface area (Å²) < 4.78 is 0.768. The van der Waals surface area contributed by atoms with Crippen LogP contribution in [0.4, 0.5) is 0 Å². The number of carboxylic acids is 1. The quantitative estimate of drug-likeness (QED) is 0.876. The monoisotopic (exact) mass is 286 g/mol. The predicted octanol–water partition coefficient (Wildman–Crippen LogP) is 2.74. The van der Waals surface area contributed by atoms with Gasteiger partial charge in [-0.1, -0.05) is 27.5 Å². The smallest absolute Gasteiger partial charge is 0.356 e. The number of nitrogens with zero attached hydrogens (tertiary/aromatic N) is 2. The number of carbonyl (C=O) groups is 1. The summed E-state index contributed by atoms with van der Waals surface area (Å²) in [5, 5.41) is 17.1. The highest BCUT2D eigenvalue weighted by molar-refractivity contribution is 9.10. The topological polar surface area (TPSA) is 63.1 Å². The van der Waals surface area contributed by atoms with Crippen LogP contribution in [0.2, 0.25) is 5.02 Å². The van der Waals surface area contributed by atoms with E-state index in [-0.39, 0.29) is 5.69 Å². The molecule has 0 atom stereocenters. The van der Waals surface area contributed by atoms with Crippen LogP contribution < -0.4 is 0 Å². The molecule has 4 nitrogen and oxygen atoms in total. The van der Waals surface area contributed by atoms with E-state index < -0.39 is 5.97 Å². The largest absolute Gasteiger partial charge is 0.476 e. The number of fused-ring (bicyclic) bond motifs is 1. The van der Waals surface area contributed by atoms with Crippen LogP contribution in [0, 0.1) is 0 Å². The summed E-state index contributed by atoms with van der Waals surface area (Å²) in [6, 6.07) is 4.85. The van der Waals surface area contributed by atoms with Crippen molar-refractivity contribution in [1.82, 2.24) is 10.2 Å². The highest BCUT2D eigenvalue weighted by Gasteiger charge is 2.09. The van der Waals surface area contributed by atoms with E-state index in [1.54, 1.807) is 12.1 Å². The fourth-order valence-electron chi connectivity index (χ4n) is 1.19. The van der Waals surface area contributed by atoms with E-state index in [0.717, 1.165) is 4.47 Å². The van der Waals surface area contributed by atoms with Crippen LogP contribution in [0.5, 0.6) is 0 Å². The first kappa shape index (κ1) is 10.3. The number of hydrogen-bond donors (Lipinski definition) is 1. The Balaban J connectivity index is 2.76. The number of rotatable bonds is 1. The summed E-state index contributed by atoms with van der Waals surface area (Å²) in [5.74, 6) is -1.11. The molecule has 2 aromatic rings. The lowest BCUT2D eigenvalue weighted by molar-refractivity contribution is 0.0689. The van der Waals surface area contributed by atoms with Crippen LogP contribution in [-0.2, 0) is 0 Å². The molecule has 15 heavy (non-hydrogen) atoms. The van der Waals surface area contributed by atoms with Crippen molar-refractivity contribution >= 4 is 44.4 Å². The Morgan fingerprint density at radius 3 is 2.73 bits per heavy atom. The SMILES string of the molecule is O=C(O)c1cc2cc(Br)cc(Cl)c2nn1. The molecule has 1 aromatic heterocycles. The summed E-state index contributed by atoms with van der Waals surface area (Å²) in [6.07, 6.45) is 0. The van der Waals surface area contributed by atoms with Gasteiger partial charge in [0.05, 0.1) is 5.02 Å². The Hall–Kier alpha value is -1.20. The van der Waals surface area contributed by atoms with Crippen molar-refractivity contribution in [2.75, 3.05) is 0 Å². The van der Waals surface area contributed by atoms with Gasteiger partial charge in [-0.3, -0.25) is 0 Å². The van der Waals surface area contributed by atoms with Crippen molar-refractivity contribution in [1.29, 1.82) is 0 Å². The van der Waals surface area contributed by atoms with Gasteiger partial charge in [0, 0.05) is 9.86 Å². The molecule has 0 saturated carbocycles. The molecule has 0 fully saturated rings. The molecule has 2 rings (SSSR count). The van der Waals surface area contributed by atoms with Gasteiger partial charge in [-0.15, -0.1) is 10.2 Å². The van der Waals surface area contributed by atoms with Crippen LogP contribution in [0.25, 0.3) is 10.9 Å². The second-order valence-corrected chi connectivity index (χ2v) is 4.18. The molecule has 0 unspecified atom stereocenters. The second kappa shape index (κ2) is 3.75. The Morgan fingerprint density at radius 2 is 2.07 bits per heavy atom. The number of hydrogen-bond acceptors (Lipinski definition) is 3. The summed E-state index contributed by atoms with van der Waals surface area (Å²) >= 11 is 9.18. The van der Waals surface area contributed by atoms with Crippen LogP contribution in [0.3, 0.4) is 0 Å². The average molecular weight is 288 g/mol. The number of carboxylic acid groups (broad SMARTS) is 1. The lowest BCUT2D eigenvalue weighted by atomic mass is 10.2. The van der Waals surface area contributed by atoms with E-state index in [9.17, 15) is 4.79 Å². The molecule has 0 radical (unpaired) electrons. The first-order valence-electron chi connectivity index (χ1n) is 3.93. The summed E-state index contributed by atoms with van der Waals surface area (Å²) in [5.41, 5.74) is 0.390. The Kier molecular flexibility index (Phi) is 2.58. The Morgan fingerprint density at radius 1 is 1.33 bits per heavy atom. The molecule has 6 heteroatoms. The number of aromatic nitrogens is 2. The van der Waals surface area contributed by atoms with Gasteiger partial charge in [0.2, 0.25) is 0 Å². The molecule has 0 aliphatic carbocycles. The zero-order valence-electron chi connectivity index (χ0n) is 7.24. The standard InChI is InChI=1S/C9H4BrClN2O2/c10-5-1-4-2-7(9(14)15)12-13-8(4)6(11)3-5/h1-3H,(H,14,15). The van der Waals surface area contributed by atoms with Crippen molar-refractivity contribution in [2.45, 2.75) is 0 Å². The maximum Gasteiger partial charge on any atom is 0.356 e. The molecular formula is C9H4BrClN2O2. The zero-order chi connectivity index (χ0) is 11.0. The number of halogens is 2. The molecule has 1 heterocycles. The van der Waals surface area contributed by atoms with Crippen molar-refractivity contribution in [2.24, 2.45) is 0 Å². The van der Waals surface area contributed by atoms with Gasteiger partial charge in [0.15, 0.2) is 5.69 Å².